The number of para-hydroxylation sites is 2. The summed E-state index contributed by atoms with van der Waals surface area (Å²) in [6, 6.07) is 20.0. The number of H-pyrrole nitrogens is 1. The van der Waals surface area contributed by atoms with Crippen molar-refractivity contribution in [3.8, 4) is 0 Å². The summed E-state index contributed by atoms with van der Waals surface area (Å²) in [4.78, 5) is 33.1. The summed E-state index contributed by atoms with van der Waals surface area (Å²) in [5, 5.41) is 5.71. The highest BCUT2D eigenvalue weighted by Gasteiger charge is 2.22. The highest BCUT2D eigenvalue weighted by atomic mass is 16.3. The van der Waals surface area contributed by atoms with Crippen LogP contribution in [0.25, 0.3) is 11.0 Å². The number of carbonyl (C=O) groups is 2. The second-order valence-corrected chi connectivity index (χ2v) is 7.29. The molecule has 4 rings (SSSR count). The molecule has 0 aliphatic rings. The standard InChI is InChI=1S/C24H24N4O3/c29-23(25-14-6-13-22-26-18-10-4-5-11-19(18)27-22)20(16-17-8-2-1-3-9-17)28-24(30)21-12-7-15-31-21/h1-5,7-12,15,20H,6,13-14,16H2,(H,25,29)(H,26,27)(H,28,30). The van der Waals surface area contributed by atoms with Gasteiger partial charge < -0.3 is 20.0 Å². The van der Waals surface area contributed by atoms with Crippen molar-refractivity contribution in [3.05, 3.63) is 90.1 Å². The minimum Gasteiger partial charge on any atom is -0.459 e. The predicted molar refractivity (Wildman–Crippen MR) is 118 cm³/mol. The number of furan rings is 1. The van der Waals surface area contributed by atoms with Crippen LogP contribution in [0.15, 0.2) is 77.4 Å². The lowest BCUT2D eigenvalue weighted by Crippen LogP contribution is -2.48. The van der Waals surface area contributed by atoms with Crippen LogP contribution in [0.4, 0.5) is 0 Å². The normalized spacial score (nSPS) is 11.9. The Bertz CT molecular complexity index is 1100. The van der Waals surface area contributed by atoms with Crippen molar-refractivity contribution < 1.29 is 14.0 Å². The predicted octanol–water partition coefficient (Wildman–Crippen LogP) is 3.25. The molecule has 3 N–H and O–H groups in total. The van der Waals surface area contributed by atoms with Crippen molar-refractivity contribution in [1.29, 1.82) is 0 Å². The fourth-order valence-corrected chi connectivity index (χ4v) is 3.41. The number of amides is 2. The Labute approximate surface area is 179 Å². The number of aromatic amines is 1. The zero-order valence-electron chi connectivity index (χ0n) is 17.0. The Kier molecular flexibility index (Phi) is 6.42. The zero-order valence-corrected chi connectivity index (χ0v) is 17.0. The number of imidazole rings is 1. The van der Waals surface area contributed by atoms with E-state index in [1.807, 2.05) is 54.6 Å². The Morgan fingerprint density at radius 3 is 2.58 bits per heavy atom. The van der Waals surface area contributed by atoms with Gasteiger partial charge in [-0.25, -0.2) is 4.98 Å². The van der Waals surface area contributed by atoms with Crippen LogP contribution >= 0.6 is 0 Å². The van der Waals surface area contributed by atoms with Crippen LogP contribution in [0.1, 0.15) is 28.4 Å². The molecule has 0 saturated carbocycles. The third-order valence-electron chi connectivity index (χ3n) is 4.98. The lowest BCUT2D eigenvalue weighted by atomic mass is 10.0. The van der Waals surface area contributed by atoms with Crippen LogP contribution in [0, 0.1) is 0 Å². The number of fused-ring (bicyclic) bond motifs is 1. The maximum Gasteiger partial charge on any atom is 0.287 e. The van der Waals surface area contributed by atoms with Crippen molar-refractivity contribution >= 4 is 22.8 Å². The van der Waals surface area contributed by atoms with Crippen LogP contribution in [0.5, 0.6) is 0 Å². The van der Waals surface area contributed by atoms with Crippen LogP contribution < -0.4 is 10.6 Å². The fourth-order valence-electron chi connectivity index (χ4n) is 3.41. The molecule has 1 atom stereocenters. The molecule has 2 aromatic heterocycles. The van der Waals surface area contributed by atoms with E-state index in [2.05, 4.69) is 20.6 Å². The van der Waals surface area contributed by atoms with Crippen LogP contribution in [0.2, 0.25) is 0 Å². The third-order valence-corrected chi connectivity index (χ3v) is 4.98. The first-order valence-corrected chi connectivity index (χ1v) is 10.3. The second-order valence-electron chi connectivity index (χ2n) is 7.29. The molecule has 7 nitrogen and oxygen atoms in total. The second kappa shape index (κ2) is 9.75. The summed E-state index contributed by atoms with van der Waals surface area (Å²) >= 11 is 0. The van der Waals surface area contributed by atoms with Gasteiger partial charge in [-0.1, -0.05) is 42.5 Å². The molecule has 1 unspecified atom stereocenters. The Morgan fingerprint density at radius 1 is 1.00 bits per heavy atom. The molecule has 0 spiro atoms. The van der Waals surface area contributed by atoms with Gasteiger partial charge in [0.25, 0.3) is 5.91 Å². The third kappa shape index (κ3) is 5.39. The summed E-state index contributed by atoms with van der Waals surface area (Å²) in [7, 11) is 0. The van der Waals surface area contributed by atoms with E-state index >= 15 is 0 Å². The maximum absolute atomic E-state index is 12.8. The molecule has 0 bridgehead atoms. The van der Waals surface area contributed by atoms with Crippen molar-refractivity contribution in [1.82, 2.24) is 20.6 Å². The van der Waals surface area contributed by atoms with Gasteiger partial charge in [0.15, 0.2) is 5.76 Å². The zero-order chi connectivity index (χ0) is 21.5. The highest BCUT2D eigenvalue weighted by Crippen LogP contribution is 2.11. The maximum atomic E-state index is 12.8. The van der Waals surface area contributed by atoms with Gasteiger partial charge in [0.05, 0.1) is 17.3 Å². The topological polar surface area (TPSA) is 100 Å². The van der Waals surface area contributed by atoms with E-state index in [9.17, 15) is 9.59 Å². The van der Waals surface area contributed by atoms with E-state index in [1.54, 1.807) is 12.1 Å². The lowest BCUT2D eigenvalue weighted by molar-refractivity contribution is -0.122. The van der Waals surface area contributed by atoms with E-state index in [0.29, 0.717) is 13.0 Å². The first-order chi connectivity index (χ1) is 15.2. The van der Waals surface area contributed by atoms with Gasteiger partial charge in [0, 0.05) is 19.4 Å². The van der Waals surface area contributed by atoms with Gasteiger partial charge in [-0.05, 0) is 36.2 Å². The van der Waals surface area contributed by atoms with Gasteiger partial charge in [0.2, 0.25) is 5.91 Å². The molecular formula is C24H24N4O3. The molecule has 0 saturated heterocycles. The van der Waals surface area contributed by atoms with E-state index in [1.165, 1.54) is 6.26 Å². The molecule has 0 aliphatic heterocycles. The highest BCUT2D eigenvalue weighted by molar-refractivity contribution is 5.95. The van der Waals surface area contributed by atoms with E-state index in [0.717, 1.165) is 35.3 Å². The number of rotatable bonds is 9. The van der Waals surface area contributed by atoms with Crippen LogP contribution in [0.3, 0.4) is 0 Å². The summed E-state index contributed by atoms with van der Waals surface area (Å²) in [5.41, 5.74) is 2.90. The molecule has 31 heavy (non-hydrogen) atoms. The van der Waals surface area contributed by atoms with Crippen molar-refractivity contribution in [2.45, 2.75) is 25.3 Å². The quantitative estimate of drug-likeness (QED) is 0.365. The SMILES string of the molecule is O=C(NC(Cc1ccccc1)C(=O)NCCCc1nc2ccccc2[nH]1)c1ccco1. The molecule has 7 heteroatoms. The molecule has 2 aromatic carbocycles. The molecule has 2 heterocycles. The monoisotopic (exact) mass is 416 g/mol. The summed E-state index contributed by atoms with van der Waals surface area (Å²) in [6.45, 7) is 0.484. The van der Waals surface area contributed by atoms with Crippen molar-refractivity contribution in [3.63, 3.8) is 0 Å². The number of aryl methyl sites for hydroxylation is 1. The largest absolute Gasteiger partial charge is 0.459 e. The minimum absolute atomic E-state index is 0.177. The Morgan fingerprint density at radius 2 is 1.81 bits per heavy atom. The Balaban J connectivity index is 1.33. The molecule has 4 aromatic rings. The van der Waals surface area contributed by atoms with Gasteiger partial charge in [-0.3, -0.25) is 9.59 Å². The number of nitrogens with one attached hydrogen (secondary N) is 3. The summed E-state index contributed by atoms with van der Waals surface area (Å²) in [5.74, 6) is 0.426. The van der Waals surface area contributed by atoms with E-state index < -0.39 is 11.9 Å². The number of nitrogens with zero attached hydrogens (tertiary/aromatic N) is 1. The molecule has 0 radical (unpaired) electrons. The fraction of sp³-hybridized carbons (Fsp3) is 0.208. The molecule has 2 amide bonds. The van der Waals surface area contributed by atoms with E-state index in [4.69, 9.17) is 4.42 Å². The van der Waals surface area contributed by atoms with E-state index in [-0.39, 0.29) is 11.7 Å². The molecule has 158 valence electrons. The summed E-state index contributed by atoms with van der Waals surface area (Å²) < 4.78 is 5.14. The van der Waals surface area contributed by atoms with Gasteiger partial charge in [-0.2, -0.15) is 0 Å². The number of hydrogen-bond acceptors (Lipinski definition) is 4. The van der Waals surface area contributed by atoms with Gasteiger partial charge >= 0.3 is 0 Å². The average Bonchev–Trinajstić information content (AvgIpc) is 3.46. The van der Waals surface area contributed by atoms with Crippen molar-refractivity contribution in [2.24, 2.45) is 0 Å². The first kappa shape index (κ1) is 20.4. The lowest BCUT2D eigenvalue weighted by Gasteiger charge is -2.18. The van der Waals surface area contributed by atoms with Gasteiger partial charge in [0.1, 0.15) is 11.9 Å². The molecular weight excluding hydrogens is 392 g/mol. The number of hydrogen-bond donors (Lipinski definition) is 3. The van der Waals surface area contributed by atoms with Gasteiger partial charge in [-0.15, -0.1) is 0 Å². The average molecular weight is 416 g/mol. The minimum atomic E-state index is -0.703. The number of carbonyl (C=O) groups excluding carboxylic acids is 2. The number of benzene rings is 2. The number of aromatic nitrogens is 2. The molecule has 0 fully saturated rings. The van der Waals surface area contributed by atoms with Crippen LogP contribution in [-0.4, -0.2) is 34.4 Å². The Hall–Kier alpha value is -3.87. The van der Waals surface area contributed by atoms with Crippen LogP contribution in [-0.2, 0) is 17.6 Å². The smallest absolute Gasteiger partial charge is 0.287 e. The summed E-state index contributed by atoms with van der Waals surface area (Å²) in [6.07, 6.45) is 3.27. The molecule has 0 aliphatic carbocycles. The van der Waals surface area contributed by atoms with Crippen molar-refractivity contribution in [2.75, 3.05) is 6.54 Å². The first-order valence-electron chi connectivity index (χ1n) is 10.3.